The highest BCUT2D eigenvalue weighted by Crippen LogP contribution is 2.45. The molecule has 0 heterocycles. The summed E-state index contributed by atoms with van der Waals surface area (Å²) >= 11 is 0. The summed E-state index contributed by atoms with van der Waals surface area (Å²) in [6, 6.07) is 19.9. The molecule has 0 spiro atoms. The van der Waals surface area contributed by atoms with Crippen molar-refractivity contribution in [1.82, 2.24) is 0 Å². The van der Waals surface area contributed by atoms with Gasteiger partial charge in [-0.05, 0) is 18.1 Å². The smallest absolute Gasteiger partial charge is 0.134 e. The lowest BCUT2D eigenvalue weighted by molar-refractivity contribution is -0.127. The predicted molar refractivity (Wildman–Crippen MR) is 86.8 cm³/mol. The van der Waals surface area contributed by atoms with E-state index in [0.29, 0.717) is 12.8 Å². The molecule has 2 aromatic rings. The van der Waals surface area contributed by atoms with Crippen LogP contribution in [0.4, 0.5) is 0 Å². The largest absolute Gasteiger partial charge is 0.300 e. The van der Waals surface area contributed by atoms with Crippen LogP contribution in [0, 0.1) is 5.92 Å². The summed E-state index contributed by atoms with van der Waals surface area (Å²) in [5.41, 5.74) is 2.19. The van der Waals surface area contributed by atoms with Gasteiger partial charge in [-0.15, -0.1) is 0 Å². The van der Waals surface area contributed by atoms with Gasteiger partial charge >= 0.3 is 0 Å². The van der Waals surface area contributed by atoms with Gasteiger partial charge in [-0.1, -0.05) is 60.7 Å². The number of benzene rings is 2. The average Bonchev–Trinajstić information content (AvgIpc) is 2.55. The minimum Gasteiger partial charge on any atom is -0.300 e. The Morgan fingerprint density at radius 1 is 0.818 bits per heavy atom. The number of rotatable bonds is 3. The van der Waals surface area contributed by atoms with Crippen LogP contribution in [0.25, 0.3) is 0 Å². The van der Waals surface area contributed by atoms with Crippen molar-refractivity contribution in [2.24, 2.45) is 5.92 Å². The Kier molecular flexibility index (Phi) is 4.19. The second-order valence-corrected chi connectivity index (χ2v) is 6.12. The summed E-state index contributed by atoms with van der Waals surface area (Å²) in [4.78, 5) is 24.6. The van der Waals surface area contributed by atoms with Crippen LogP contribution in [0.1, 0.15) is 42.7 Å². The average molecular weight is 292 g/mol. The van der Waals surface area contributed by atoms with E-state index >= 15 is 0 Å². The third-order valence-electron chi connectivity index (χ3n) is 4.69. The Labute approximate surface area is 131 Å². The number of ketones is 2. The molecule has 0 bridgehead atoms. The SMILES string of the molecule is CC(=O)C1[C@H](c2ccccc2)CC(=O)C[C@H]1c1ccccc1. The summed E-state index contributed by atoms with van der Waals surface area (Å²) in [5, 5.41) is 0. The molecule has 1 saturated carbocycles. The number of hydrogen-bond donors (Lipinski definition) is 0. The van der Waals surface area contributed by atoms with Crippen molar-refractivity contribution in [1.29, 1.82) is 0 Å². The molecule has 3 rings (SSSR count). The van der Waals surface area contributed by atoms with E-state index in [0.717, 1.165) is 11.1 Å². The zero-order valence-corrected chi connectivity index (χ0v) is 12.7. The third-order valence-corrected chi connectivity index (χ3v) is 4.69. The van der Waals surface area contributed by atoms with Gasteiger partial charge in [-0.3, -0.25) is 9.59 Å². The van der Waals surface area contributed by atoms with Crippen LogP contribution >= 0.6 is 0 Å². The van der Waals surface area contributed by atoms with Crippen LogP contribution < -0.4 is 0 Å². The lowest BCUT2D eigenvalue weighted by Gasteiger charge is -2.36. The normalized spacial score (nSPS) is 22.5. The van der Waals surface area contributed by atoms with Crippen LogP contribution in [-0.4, -0.2) is 11.6 Å². The van der Waals surface area contributed by atoms with E-state index in [1.807, 2.05) is 60.7 Å². The summed E-state index contributed by atoms with van der Waals surface area (Å²) < 4.78 is 0. The molecule has 2 heteroatoms. The van der Waals surface area contributed by atoms with Gasteiger partial charge in [0.25, 0.3) is 0 Å². The molecule has 0 aromatic heterocycles. The molecule has 1 fully saturated rings. The van der Waals surface area contributed by atoms with E-state index in [2.05, 4.69) is 0 Å². The summed E-state index contributed by atoms with van der Waals surface area (Å²) in [6.45, 7) is 1.66. The Morgan fingerprint density at radius 2 is 1.23 bits per heavy atom. The molecule has 0 saturated heterocycles. The van der Waals surface area contributed by atoms with Gasteiger partial charge in [0, 0.05) is 30.6 Å². The topological polar surface area (TPSA) is 34.1 Å². The summed E-state index contributed by atoms with van der Waals surface area (Å²) in [6.07, 6.45) is 0.940. The van der Waals surface area contributed by atoms with E-state index in [1.54, 1.807) is 6.92 Å². The fourth-order valence-corrected chi connectivity index (χ4v) is 3.73. The fraction of sp³-hybridized carbons (Fsp3) is 0.300. The zero-order chi connectivity index (χ0) is 15.5. The van der Waals surface area contributed by atoms with Crippen molar-refractivity contribution < 1.29 is 9.59 Å². The highest BCUT2D eigenvalue weighted by molar-refractivity contribution is 5.88. The number of hydrogen-bond acceptors (Lipinski definition) is 2. The van der Waals surface area contributed by atoms with Crippen molar-refractivity contribution in [2.45, 2.75) is 31.6 Å². The van der Waals surface area contributed by atoms with Gasteiger partial charge < -0.3 is 0 Å². The molecule has 2 aromatic carbocycles. The van der Waals surface area contributed by atoms with Gasteiger partial charge in [0.2, 0.25) is 0 Å². The molecule has 112 valence electrons. The molecule has 2 nitrogen and oxygen atoms in total. The standard InChI is InChI=1S/C20H20O2/c1-14(21)20-18(15-8-4-2-5-9-15)12-17(22)13-19(20)16-10-6-3-7-11-16/h2-11,18-20H,12-13H2,1H3/t18-,19-/m0/s1. The van der Waals surface area contributed by atoms with Crippen LogP contribution in [-0.2, 0) is 9.59 Å². The van der Waals surface area contributed by atoms with E-state index in [1.165, 1.54) is 0 Å². The monoisotopic (exact) mass is 292 g/mol. The molecule has 1 aliphatic rings. The lowest BCUT2D eigenvalue weighted by Crippen LogP contribution is -2.34. The molecule has 0 amide bonds. The Morgan fingerprint density at radius 3 is 1.59 bits per heavy atom. The maximum absolute atomic E-state index is 12.4. The molecule has 0 N–H and O–H groups in total. The Hall–Kier alpha value is -2.22. The van der Waals surface area contributed by atoms with Crippen molar-refractivity contribution in [2.75, 3.05) is 0 Å². The first kappa shape index (κ1) is 14.7. The second kappa shape index (κ2) is 6.27. The maximum atomic E-state index is 12.4. The van der Waals surface area contributed by atoms with Crippen LogP contribution in [0.15, 0.2) is 60.7 Å². The van der Waals surface area contributed by atoms with Gasteiger partial charge in [-0.2, -0.15) is 0 Å². The molecule has 22 heavy (non-hydrogen) atoms. The Balaban J connectivity index is 2.03. The Bertz CT molecular complexity index is 609. The van der Waals surface area contributed by atoms with E-state index < -0.39 is 0 Å². The first-order valence-corrected chi connectivity index (χ1v) is 7.79. The fourth-order valence-electron chi connectivity index (χ4n) is 3.73. The molecule has 0 unspecified atom stereocenters. The van der Waals surface area contributed by atoms with E-state index in [-0.39, 0.29) is 29.3 Å². The molecular weight excluding hydrogens is 272 g/mol. The molecule has 0 aliphatic heterocycles. The lowest BCUT2D eigenvalue weighted by atomic mass is 9.65. The highest BCUT2D eigenvalue weighted by atomic mass is 16.1. The quantitative estimate of drug-likeness (QED) is 0.852. The van der Waals surface area contributed by atoms with Crippen LogP contribution in [0.5, 0.6) is 0 Å². The summed E-state index contributed by atoms with van der Waals surface area (Å²) in [5.74, 6) is 0.285. The first-order valence-electron chi connectivity index (χ1n) is 7.79. The predicted octanol–water partition coefficient (Wildman–Crippen LogP) is 4.12. The van der Waals surface area contributed by atoms with Crippen molar-refractivity contribution in [3.05, 3.63) is 71.8 Å². The highest BCUT2D eigenvalue weighted by Gasteiger charge is 2.41. The van der Waals surface area contributed by atoms with Gasteiger partial charge in [-0.25, -0.2) is 0 Å². The van der Waals surface area contributed by atoms with Crippen molar-refractivity contribution >= 4 is 11.6 Å². The number of carbonyl (C=O) groups is 2. The van der Waals surface area contributed by atoms with Gasteiger partial charge in [0.15, 0.2) is 0 Å². The number of Topliss-reactive ketones (excluding diaryl/α,β-unsaturated/α-hetero) is 2. The van der Waals surface area contributed by atoms with Crippen LogP contribution in [0.2, 0.25) is 0 Å². The minimum absolute atomic E-state index is 0.00911. The second-order valence-electron chi connectivity index (χ2n) is 6.12. The van der Waals surface area contributed by atoms with Gasteiger partial charge in [0.05, 0.1) is 0 Å². The zero-order valence-electron chi connectivity index (χ0n) is 12.7. The maximum Gasteiger partial charge on any atom is 0.134 e. The van der Waals surface area contributed by atoms with E-state index in [9.17, 15) is 9.59 Å². The molecule has 0 radical (unpaired) electrons. The minimum atomic E-state index is -0.123. The number of carbonyl (C=O) groups excluding carboxylic acids is 2. The van der Waals surface area contributed by atoms with Crippen molar-refractivity contribution in [3.63, 3.8) is 0 Å². The molecule has 2 atom stereocenters. The van der Waals surface area contributed by atoms with E-state index in [4.69, 9.17) is 0 Å². The summed E-state index contributed by atoms with van der Waals surface area (Å²) in [7, 11) is 0. The molecule has 1 aliphatic carbocycles. The van der Waals surface area contributed by atoms with Crippen LogP contribution in [0.3, 0.4) is 0 Å². The molecular formula is C20H20O2. The van der Waals surface area contributed by atoms with Gasteiger partial charge in [0.1, 0.15) is 11.6 Å². The van der Waals surface area contributed by atoms with Crippen molar-refractivity contribution in [3.8, 4) is 0 Å². The third kappa shape index (κ3) is 2.87. The first-order chi connectivity index (χ1) is 10.7.